The second-order valence-corrected chi connectivity index (χ2v) is 14.0. The van der Waals surface area contributed by atoms with Crippen molar-refractivity contribution in [2.24, 2.45) is 0 Å². The number of hydrogen-bond acceptors (Lipinski definition) is 4. The van der Waals surface area contributed by atoms with Crippen molar-refractivity contribution in [1.29, 1.82) is 0 Å². The number of nitrogens with one attached hydrogen (secondary N) is 1. The van der Waals surface area contributed by atoms with E-state index in [1.807, 2.05) is 75.4 Å². The highest BCUT2D eigenvalue weighted by atomic mass is 79.9. The minimum absolute atomic E-state index is 0.0211. The molecular weight excluding hydrogens is 662 g/mol. The van der Waals surface area contributed by atoms with Gasteiger partial charge in [-0.25, -0.2) is 8.42 Å². The summed E-state index contributed by atoms with van der Waals surface area (Å²) in [6.07, 6.45) is 0.232. The second-order valence-electron chi connectivity index (χ2n) is 10.8. The Labute approximate surface area is 273 Å². The summed E-state index contributed by atoms with van der Waals surface area (Å²) >= 11 is 10.0. The normalized spacial score (nSPS) is 12.0. The van der Waals surface area contributed by atoms with Gasteiger partial charge in [0.2, 0.25) is 11.8 Å². The van der Waals surface area contributed by atoms with Crippen LogP contribution in [0.15, 0.2) is 112 Å². The predicted octanol–water partition coefficient (Wildman–Crippen LogP) is 6.77. The van der Waals surface area contributed by atoms with E-state index in [2.05, 4.69) is 21.2 Å². The summed E-state index contributed by atoms with van der Waals surface area (Å²) in [4.78, 5) is 29.7. The van der Waals surface area contributed by atoms with Gasteiger partial charge in [0, 0.05) is 23.5 Å². The van der Waals surface area contributed by atoms with Gasteiger partial charge in [0.25, 0.3) is 10.0 Å². The van der Waals surface area contributed by atoms with Crippen molar-refractivity contribution in [3.63, 3.8) is 0 Å². The fourth-order valence-electron chi connectivity index (χ4n) is 4.77. The van der Waals surface area contributed by atoms with Crippen LogP contribution in [0.3, 0.4) is 0 Å². The minimum atomic E-state index is -4.23. The van der Waals surface area contributed by atoms with E-state index in [0.717, 1.165) is 25.5 Å². The molecule has 230 valence electrons. The molecule has 0 heterocycles. The van der Waals surface area contributed by atoms with E-state index in [4.69, 9.17) is 11.6 Å². The number of aryl methyl sites for hydroxylation is 1. The van der Waals surface area contributed by atoms with Crippen molar-refractivity contribution in [1.82, 2.24) is 10.2 Å². The van der Waals surface area contributed by atoms with Gasteiger partial charge in [0.05, 0.1) is 15.6 Å². The Hall–Kier alpha value is -3.66. The molecule has 0 fully saturated rings. The van der Waals surface area contributed by atoms with Gasteiger partial charge >= 0.3 is 0 Å². The predicted molar refractivity (Wildman–Crippen MR) is 179 cm³/mol. The van der Waals surface area contributed by atoms with Crippen LogP contribution in [0, 0.1) is 6.92 Å². The van der Waals surface area contributed by atoms with Crippen LogP contribution >= 0.6 is 27.5 Å². The molecule has 0 spiro atoms. The van der Waals surface area contributed by atoms with Gasteiger partial charge in [-0.2, -0.15) is 0 Å². The Kier molecular flexibility index (Phi) is 11.2. The lowest BCUT2D eigenvalue weighted by Gasteiger charge is -2.34. The van der Waals surface area contributed by atoms with E-state index in [-0.39, 0.29) is 40.5 Å². The summed E-state index contributed by atoms with van der Waals surface area (Å²) in [6.45, 7) is 5.06. The number of hydrogen-bond donors (Lipinski definition) is 1. The first-order valence-electron chi connectivity index (χ1n) is 14.2. The van der Waals surface area contributed by atoms with Crippen molar-refractivity contribution >= 4 is 55.1 Å². The Morgan fingerprint density at radius 2 is 1.50 bits per heavy atom. The van der Waals surface area contributed by atoms with Gasteiger partial charge in [0.15, 0.2) is 0 Å². The lowest BCUT2D eigenvalue weighted by molar-refractivity contribution is -0.140. The first kappa shape index (κ1) is 33.2. The third kappa shape index (κ3) is 8.49. The van der Waals surface area contributed by atoms with E-state index in [0.29, 0.717) is 0 Å². The van der Waals surface area contributed by atoms with Crippen molar-refractivity contribution in [2.75, 3.05) is 10.8 Å². The maximum absolute atomic E-state index is 14.5. The average molecular weight is 697 g/mol. The minimum Gasteiger partial charge on any atom is -0.352 e. The van der Waals surface area contributed by atoms with Crippen LogP contribution in [0.5, 0.6) is 0 Å². The Morgan fingerprint density at radius 3 is 2.14 bits per heavy atom. The zero-order valence-electron chi connectivity index (χ0n) is 24.8. The fraction of sp³-hybridized carbons (Fsp3) is 0.235. The monoisotopic (exact) mass is 695 g/mol. The number of benzene rings is 4. The van der Waals surface area contributed by atoms with Crippen molar-refractivity contribution in [3.8, 4) is 0 Å². The molecular formula is C34H35BrClN3O4S. The first-order chi connectivity index (χ1) is 21.0. The summed E-state index contributed by atoms with van der Waals surface area (Å²) in [5.74, 6) is -0.890. The maximum Gasteiger partial charge on any atom is 0.264 e. The third-order valence-corrected chi connectivity index (χ3v) is 9.54. The SMILES string of the molecule is Cc1ccc(S(=O)(=O)N(CC(=O)N(Cc2cccc(Br)c2)[C@H](Cc2ccccc2)C(=O)NC(C)C)c2ccccc2Cl)cc1. The van der Waals surface area contributed by atoms with Gasteiger partial charge in [0.1, 0.15) is 12.6 Å². The van der Waals surface area contributed by atoms with Gasteiger partial charge in [-0.1, -0.05) is 99.8 Å². The number of anilines is 1. The van der Waals surface area contributed by atoms with Crippen LogP contribution in [-0.4, -0.2) is 43.8 Å². The Morgan fingerprint density at radius 1 is 0.864 bits per heavy atom. The summed E-state index contributed by atoms with van der Waals surface area (Å²) in [5.41, 5.74) is 2.69. The van der Waals surface area contributed by atoms with Gasteiger partial charge in [-0.15, -0.1) is 0 Å². The Balaban J connectivity index is 1.82. The molecule has 44 heavy (non-hydrogen) atoms. The molecule has 4 rings (SSSR count). The molecule has 0 saturated heterocycles. The number of sulfonamides is 1. The van der Waals surface area contributed by atoms with E-state index in [9.17, 15) is 18.0 Å². The number of para-hydroxylation sites is 1. The molecule has 0 saturated carbocycles. The average Bonchev–Trinajstić information content (AvgIpc) is 2.98. The highest BCUT2D eigenvalue weighted by Gasteiger charge is 2.35. The molecule has 10 heteroatoms. The number of carbonyl (C=O) groups is 2. The third-order valence-electron chi connectivity index (χ3n) is 6.95. The Bertz CT molecular complexity index is 1700. The topological polar surface area (TPSA) is 86.8 Å². The van der Waals surface area contributed by atoms with Crippen molar-refractivity contribution < 1.29 is 18.0 Å². The lowest BCUT2D eigenvalue weighted by atomic mass is 10.0. The van der Waals surface area contributed by atoms with Crippen molar-refractivity contribution in [2.45, 2.75) is 50.7 Å². The van der Waals surface area contributed by atoms with Gasteiger partial charge in [-0.3, -0.25) is 13.9 Å². The summed E-state index contributed by atoms with van der Waals surface area (Å²) in [5, 5.41) is 3.13. The van der Waals surface area contributed by atoms with E-state index >= 15 is 0 Å². The fourth-order valence-corrected chi connectivity index (χ4v) is 6.94. The molecule has 0 aliphatic heterocycles. The van der Waals surface area contributed by atoms with Crippen molar-refractivity contribution in [3.05, 3.63) is 129 Å². The smallest absolute Gasteiger partial charge is 0.264 e. The maximum atomic E-state index is 14.5. The number of nitrogens with zero attached hydrogens (tertiary/aromatic N) is 2. The molecule has 0 bridgehead atoms. The summed E-state index contributed by atoms with van der Waals surface area (Å²) in [7, 11) is -4.23. The number of rotatable bonds is 12. The quantitative estimate of drug-likeness (QED) is 0.177. The standard InChI is InChI=1S/C34H35BrClN3O4S/c1-24(2)37-34(41)32(21-26-10-5-4-6-11-26)38(22-27-12-9-13-28(35)20-27)33(40)23-39(31-15-8-7-14-30(31)36)44(42,43)29-18-16-25(3)17-19-29/h4-20,24,32H,21-23H2,1-3H3,(H,37,41)/t32-/m1/s1. The molecule has 0 aliphatic rings. The van der Waals surface area contributed by atoms with E-state index in [1.165, 1.54) is 17.0 Å². The molecule has 0 aliphatic carbocycles. The number of amides is 2. The molecule has 7 nitrogen and oxygen atoms in total. The van der Waals surface area contributed by atoms with Crippen LogP contribution in [0.4, 0.5) is 5.69 Å². The molecule has 0 unspecified atom stereocenters. The largest absolute Gasteiger partial charge is 0.352 e. The highest BCUT2D eigenvalue weighted by molar-refractivity contribution is 9.10. The van der Waals surface area contributed by atoms with Crippen LogP contribution < -0.4 is 9.62 Å². The van der Waals surface area contributed by atoms with Crippen LogP contribution in [0.2, 0.25) is 5.02 Å². The van der Waals surface area contributed by atoms with Crippen LogP contribution in [0.1, 0.15) is 30.5 Å². The molecule has 1 N–H and O–H groups in total. The lowest BCUT2D eigenvalue weighted by Crippen LogP contribution is -2.54. The van der Waals surface area contributed by atoms with Gasteiger partial charge in [-0.05, 0) is 68.3 Å². The second kappa shape index (κ2) is 14.9. The molecule has 0 radical (unpaired) electrons. The summed E-state index contributed by atoms with van der Waals surface area (Å²) < 4.78 is 30.1. The molecule has 4 aromatic rings. The van der Waals surface area contributed by atoms with E-state index in [1.54, 1.807) is 36.4 Å². The molecule has 4 aromatic carbocycles. The van der Waals surface area contributed by atoms with Gasteiger partial charge < -0.3 is 10.2 Å². The summed E-state index contributed by atoms with van der Waals surface area (Å²) in [6, 6.07) is 28.7. The number of carbonyl (C=O) groups excluding carboxylic acids is 2. The first-order valence-corrected chi connectivity index (χ1v) is 16.8. The number of halogens is 2. The van der Waals surface area contributed by atoms with E-state index < -0.39 is 28.5 Å². The zero-order valence-corrected chi connectivity index (χ0v) is 27.9. The highest BCUT2D eigenvalue weighted by Crippen LogP contribution is 2.31. The molecule has 0 aromatic heterocycles. The zero-order chi connectivity index (χ0) is 31.9. The van der Waals surface area contributed by atoms with Crippen LogP contribution in [0.25, 0.3) is 0 Å². The molecule has 1 atom stereocenters. The molecule has 2 amide bonds. The van der Waals surface area contributed by atoms with Crippen LogP contribution in [-0.2, 0) is 32.6 Å².